The van der Waals surface area contributed by atoms with Gasteiger partial charge in [-0.1, -0.05) is 0 Å². The van der Waals surface area contributed by atoms with Crippen molar-refractivity contribution in [3.05, 3.63) is 0 Å². The van der Waals surface area contributed by atoms with Gasteiger partial charge in [0, 0.05) is 0 Å². The fourth-order valence-corrected chi connectivity index (χ4v) is 0.324. The molecule has 4 N–H and O–H groups in total. The Morgan fingerprint density at radius 1 is 1.64 bits per heavy atom. The molecule has 0 aliphatic heterocycles. The second-order valence-corrected chi connectivity index (χ2v) is 1.90. The average Bonchev–Trinajstić information content (AvgIpc) is 1.82. The summed E-state index contributed by atoms with van der Waals surface area (Å²) in [5.74, 6) is -1.53. The molecule has 0 fully saturated rings. The number of amides is 1. The summed E-state index contributed by atoms with van der Waals surface area (Å²) in [7, 11) is 0. The second-order valence-electron chi connectivity index (χ2n) is 1.90. The van der Waals surface area contributed by atoms with Crippen LogP contribution in [-0.2, 0) is 9.59 Å². The zero-order chi connectivity index (χ0) is 8.15. The number of nitrogens with two attached hydrogens (primary N) is 1. The molecule has 0 aromatic heterocycles. The highest BCUT2D eigenvalue weighted by molar-refractivity contribution is 5.85. The average molecular weight is 183 g/mol. The maximum absolute atomic E-state index is 10.5. The van der Waals surface area contributed by atoms with Gasteiger partial charge in [-0.25, -0.2) is 0 Å². The van der Waals surface area contributed by atoms with Crippen LogP contribution in [0.15, 0.2) is 0 Å². The lowest BCUT2D eigenvalue weighted by Crippen LogP contribution is -2.40. The van der Waals surface area contributed by atoms with Crippen molar-refractivity contribution in [2.45, 2.75) is 13.0 Å². The van der Waals surface area contributed by atoms with E-state index in [4.69, 9.17) is 10.8 Å². The Balaban J connectivity index is 0. The van der Waals surface area contributed by atoms with E-state index < -0.39 is 17.9 Å². The summed E-state index contributed by atoms with van der Waals surface area (Å²) < 4.78 is 0. The van der Waals surface area contributed by atoms with E-state index in [1.165, 1.54) is 6.92 Å². The van der Waals surface area contributed by atoms with Gasteiger partial charge in [0.1, 0.15) is 6.54 Å². The smallest absolute Gasteiger partial charge is 0.322 e. The van der Waals surface area contributed by atoms with Gasteiger partial charge in [0.25, 0.3) is 0 Å². The minimum absolute atomic E-state index is 0. The third-order valence-electron chi connectivity index (χ3n) is 0.827. The SMILES string of the molecule is CC(N)C(=O)NCC(=O)O.Cl. The van der Waals surface area contributed by atoms with Gasteiger partial charge >= 0.3 is 5.97 Å². The van der Waals surface area contributed by atoms with Crippen LogP contribution in [0.1, 0.15) is 6.92 Å². The normalized spacial score (nSPS) is 11.1. The summed E-state index contributed by atoms with van der Waals surface area (Å²) in [6, 6.07) is -0.653. The number of carboxylic acid groups (broad SMARTS) is 1. The van der Waals surface area contributed by atoms with Crippen molar-refractivity contribution in [1.82, 2.24) is 5.32 Å². The van der Waals surface area contributed by atoms with E-state index in [0.29, 0.717) is 0 Å². The lowest BCUT2D eigenvalue weighted by molar-refractivity contribution is -0.138. The van der Waals surface area contributed by atoms with Crippen molar-refractivity contribution in [3.8, 4) is 0 Å². The van der Waals surface area contributed by atoms with Gasteiger partial charge in [0.2, 0.25) is 5.91 Å². The van der Waals surface area contributed by atoms with Gasteiger partial charge in [0.05, 0.1) is 6.04 Å². The monoisotopic (exact) mass is 182 g/mol. The fourth-order valence-electron chi connectivity index (χ4n) is 0.324. The van der Waals surface area contributed by atoms with Crippen molar-refractivity contribution >= 4 is 24.3 Å². The van der Waals surface area contributed by atoms with Crippen molar-refractivity contribution in [2.75, 3.05) is 6.54 Å². The van der Waals surface area contributed by atoms with Crippen molar-refractivity contribution in [2.24, 2.45) is 5.73 Å². The Hall–Kier alpha value is -0.810. The number of hydrogen-bond acceptors (Lipinski definition) is 3. The summed E-state index contributed by atoms with van der Waals surface area (Å²) >= 11 is 0. The van der Waals surface area contributed by atoms with Crippen LogP contribution in [-0.4, -0.2) is 29.6 Å². The van der Waals surface area contributed by atoms with Crippen LogP contribution in [0.5, 0.6) is 0 Å². The maximum Gasteiger partial charge on any atom is 0.322 e. The number of nitrogens with one attached hydrogen (secondary N) is 1. The first-order valence-corrected chi connectivity index (χ1v) is 2.79. The highest BCUT2D eigenvalue weighted by Crippen LogP contribution is 1.73. The molecule has 11 heavy (non-hydrogen) atoms. The summed E-state index contributed by atoms with van der Waals surface area (Å²) in [6.45, 7) is 1.11. The van der Waals surface area contributed by atoms with E-state index >= 15 is 0 Å². The van der Waals surface area contributed by atoms with Crippen molar-refractivity contribution < 1.29 is 14.7 Å². The molecule has 0 aliphatic carbocycles. The van der Waals surface area contributed by atoms with Gasteiger partial charge < -0.3 is 16.2 Å². The lowest BCUT2D eigenvalue weighted by Gasteiger charge is -2.03. The molecule has 1 unspecified atom stereocenters. The number of carbonyl (C=O) groups is 2. The molecule has 0 spiro atoms. The molecule has 0 heterocycles. The molecular formula is C5H11ClN2O3. The van der Waals surface area contributed by atoms with Crippen LogP contribution in [0.4, 0.5) is 0 Å². The molecule has 0 bridgehead atoms. The quantitative estimate of drug-likeness (QED) is 0.520. The van der Waals surface area contributed by atoms with Crippen LogP contribution in [0.3, 0.4) is 0 Å². The van der Waals surface area contributed by atoms with Crippen molar-refractivity contribution in [1.29, 1.82) is 0 Å². The van der Waals surface area contributed by atoms with E-state index in [2.05, 4.69) is 5.32 Å². The van der Waals surface area contributed by atoms with Gasteiger partial charge in [0.15, 0.2) is 0 Å². The summed E-state index contributed by atoms with van der Waals surface area (Å²) in [4.78, 5) is 20.4. The summed E-state index contributed by atoms with van der Waals surface area (Å²) in [5.41, 5.74) is 5.12. The summed E-state index contributed by atoms with van der Waals surface area (Å²) in [5, 5.41) is 10.2. The third kappa shape index (κ3) is 7.08. The highest BCUT2D eigenvalue weighted by Gasteiger charge is 2.07. The topological polar surface area (TPSA) is 92.4 Å². The minimum atomic E-state index is -1.07. The third-order valence-corrected chi connectivity index (χ3v) is 0.827. The number of carboxylic acids is 1. The molecule has 0 rings (SSSR count). The highest BCUT2D eigenvalue weighted by atomic mass is 35.5. The maximum atomic E-state index is 10.5. The van der Waals surface area contributed by atoms with E-state index in [1.807, 2.05) is 0 Å². The molecule has 1 atom stereocenters. The predicted octanol–water partition coefficient (Wildman–Crippen LogP) is -1.04. The molecule has 66 valence electrons. The fraction of sp³-hybridized carbons (Fsp3) is 0.600. The van der Waals surface area contributed by atoms with E-state index in [0.717, 1.165) is 0 Å². The molecule has 0 aliphatic rings. The molecule has 0 saturated heterocycles. The number of carbonyl (C=O) groups excluding carboxylic acids is 1. The van der Waals surface area contributed by atoms with Crippen LogP contribution < -0.4 is 11.1 Å². The Morgan fingerprint density at radius 3 is 2.36 bits per heavy atom. The Kier molecular flexibility index (Phi) is 6.92. The predicted molar refractivity (Wildman–Crippen MR) is 41.5 cm³/mol. The van der Waals surface area contributed by atoms with E-state index in [9.17, 15) is 9.59 Å². The first-order chi connectivity index (χ1) is 4.54. The zero-order valence-corrected chi connectivity index (χ0v) is 6.85. The van der Waals surface area contributed by atoms with E-state index in [1.54, 1.807) is 0 Å². The molecule has 0 aromatic carbocycles. The van der Waals surface area contributed by atoms with E-state index in [-0.39, 0.29) is 19.0 Å². The number of halogens is 1. The van der Waals surface area contributed by atoms with Crippen LogP contribution in [0.2, 0.25) is 0 Å². The molecule has 0 radical (unpaired) electrons. The number of hydrogen-bond donors (Lipinski definition) is 3. The Labute approximate surface area is 70.4 Å². The van der Waals surface area contributed by atoms with Gasteiger partial charge in [-0.15, -0.1) is 12.4 Å². The van der Waals surface area contributed by atoms with Gasteiger partial charge in [-0.05, 0) is 6.92 Å². The molecule has 1 amide bonds. The largest absolute Gasteiger partial charge is 0.480 e. The summed E-state index contributed by atoms with van der Waals surface area (Å²) in [6.07, 6.45) is 0. The Morgan fingerprint density at radius 2 is 2.09 bits per heavy atom. The van der Waals surface area contributed by atoms with Crippen molar-refractivity contribution in [3.63, 3.8) is 0 Å². The van der Waals surface area contributed by atoms with Gasteiger partial charge in [-0.2, -0.15) is 0 Å². The number of rotatable bonds is 3. The molecular weight excluding hydrogens is 172 g/mol. The molecule has 6 heteroatoms. The standard InChI is InChI=1S/C5H10N2O3.ClH/c1-3(6)5(10)7-2-4(8)9;/h3H,2,6H2,1H3,(H,7,10)(H,8,9);1H. The molecule has 0 saturated carbocycles. The first kappa shape index (κ1) is 12.8. The minimum Gasteiger partial charge on any atom is -0.480 e. The second kappa shape index (κ2) is 5.94. The van der Waals surface area contributed by atoms with Crippen LogP contribution >= 0.6 is 12.4 Å². The number of aliphatic carboxylic acids is 1. The first-order valence-electron chi connectivity index (χ1n) is 2.79. The van der Waals surface area contributed by atoms with Crippen LogP contribution in [0, 0.1) is 0 Å². The lowest BCUT2D eigenvalue weighted by atomic mass is 10.3. The Bertz CT molecular complexity index is 149. The zero-order valence-electron chi connectivity index (χ0n) is 6.03. The molecule has 0 aromatic rings. The molecule has 5 nitrogen and oxygen atoms in total. The van der Waals surface area contributed by atoms with Crippen LogP contribution in [0.25, 0.3) is 0 Å². The van der Waals surface area contributed by atoms with Gasteiger partial charge in [-0.3, -0.25) is 9.59 Å².